The van der Waals surface area contributed by atoms with Gasteiger partial charge >= 0.3 is 0 Å². The van der Waals surface area contributed by atoms with Crippen LogP contribution in [0.1, 0.15) is 23.5 Å². The minimum atomic E-state index is -3.61. The molecule has 146 valence electrons. The lowest BCUT2D eigenvalue weighted by Gasteiger charge is -2.21. The van der Waals surface area contributed by atoms with Crippen molar-refractivity contribution < 1.29 is 16.8 Å². The molecule has 1 aliphatic rings. The van der Waals surface area contributed by atoms with E-state index in [1.165, 1.54) is 16.4 Å². The molecule has 8 heteroatoms. The molecule has 0 aliphatic carbocycles. The molecular weight excluding hydrogens is 384 g/mol. The van der Waals surface area contributed by atoms with Gasteiger partial charge in [-0.2, -0.15) is 4.31 Å². The zero-order valence-electron chi connectivity index (χ0n) is 15.2. The smallest absolute Gasteiger partial charge is 0.211 e. The first-order valence-electron chi connectivity index (χ1n) is 8.74. The first-order chi connectivity index (χ1) is 12.7. The van der Waals surface area contributed by atoms with Gasteiger partial charge in [-0.1, -0.05) is 42.5 Å². The molecule has 0 spiro atoms. The fourth-order valence-corrected chi connectivity index (χ4v) is 6.41. The van der Waals surface area contributed by atoms with E-state index in [1.807, 2.05) is 30.3 Å². The highest BCUT2D eigenvalue weighted by Crippen LogP contribution is 2.34. The van der Waals surface area contributed by atoms with Gasteiger partial charge in [0.2, 0.25) is 10.0 Å². The minimum Gasteiger partial charge on any atom is -0.326 e. The molecule has 1 aliphatic heterocycles. The lowest BCUT2D eigenvalue weighted by Crippen LogP contribution is -2.39. The normalized spacial score (nSPS) is 21.4. The molecule has 1 saturated heterocycles. The highest BCUT2D eigenvalue weighted by atomic mass is 32.2. The number of rotatable bonds is 6. The van der Waals surface area contributed by atoms with E-state index in [0.717, 1.165) is 17.4 Å². The third-order valence-corrected chi connectivity index (χ3v) is 8.10. The standard InChI is InChI=1S/C19H24N2O4S2/c1-26(22,23)21-13-17(16-5-3-2-4-6-16)11-18(21)14-27(24,25)19-9-7-15(12-20)8-10-19/h2-10,17-18H,11-14,20H2,1H3. The highest BCUT2D eigenvalue weighted by Gasteiger charge is 2.40. The van der Waals surface area contributed by atoms with Gasteiger partial charge in [0.15, 0.2) is 9.84 Å². The van der Waals surface area contributed by atoms with Crippen molar-refractivity contribution in [3.8, 4) is 0 Å². The Morgan fingerprint density at radius 1 is 1.00 bits per heavy atom. The number of sulfone groups is 1. The van der Waals surface area contributed by atoms with Crippen LogP contribution in [0.5, 0.6) is 0 Å². The van der Waals surface area contributed by atoms with Crippen LogP contribution >= 0.6 is 0 Å². The average Bonchev–Trinajstić information content (AvgIpc) is 3.06. The summed E-state index contributed by atoms with van der Waals surface area (Å²) in [6.45, 7) is 0.638. The maximum atomic E-state index is 12.9. The van der Waals surface area contributed by atoms with Crippen LogP contribution in [0.25, 0.3) is 0 Å². The molecule has 0 aromatic heterocycles. The second-order valence-corrected chi connectivity index (χ2v) is 10.9. The van der Waals surface area contributed by atoms with Gasteiger partial charge in [0.05, 0.1) is 16.9 Å². The Morgan fingerprint density at radius 2 is 1.63 bits per heavy atom. The van der Waals surface area contributed by atoms with E-state index < -0.39 is 25.9 Å². The van der Waals surface area contributed by atoms with Gasteiger partial charge in [0.1, 0.15) is 0 Å². The average molecular weight is 409 g/mol. The molecule has 2 unspecified atom stereocenters. The minimum absolute atomic E-state index is 0.0132. The summed E-state index contributed by atoms with van der Waals surface area (Å²) >= 11 is 0. The number of nitrogens with zero attached hydrogens (tertiary/aromatic N) is 1. The molecule has 27 heavy (non-hydrogen) atoms. The van der Waals surface area contributed by atoms with Crippen LogP contribution in [-0.2, 0) is 26.4 Å². The number of benzene rings is 2. The Hall–Kier alpha value is -1.74. The second kappa shape index (κ2) is 7.71. The van der Waals surface area contributed by atoms with Gasteiger partial charge in [-0.15, -0.1) is 0 Å². The molecule has 2 N–H and O–H groups in total. The van der Waals surface area contributed by atoms with E-state index >= 15 is 0 Å². The first kappa shape index (κ1) is 20.0. The zero-order chi connectivity index (χ0) is 19.7. The Labute approximate surface area is 161 Å². The Bertz CT molecular complexity index is 988. The third kappa shape index (κ3) is 4.57. The number of hydrogen-bond donors (Lipinski definition) is 1. The largest absolute Gasteiger partial charge is 0.326 e. The van der Waals surface area contributed by atoms with E-state index in [1.54, 1.807) is 12.1 Å². The quantitative estimate of drug-likeness (QED) is 0.785. The van der Waals surface area contributed by atoms with Gasteiger partial charge < -0.3 is 5.73 Å². The van der Waals surface area contributed by atoms with Crippen molar-refractivity contribution in [2.24, 2.45) is 5.73 Å². The molecule has 0 amide bonds. The van der Waals surface area contributed by atoms with Crippen LogP contribution in [0.3, 0.4) is 0 Å². The van der Waals surface area contributed by atoms with Crippen LogP contribution in [0.2, 0.25) is 0 Å². The van der Waals surface area contributed by atoms with Crippen molar-refractivity contribution in [1.82, 2.24) is 4.31 Å². The fourth-order valence-electron chi connectivity index (χ4n) is 3.59. The first-order valence-corrected chi connectivity index (χ1v) is 12.2. The summed E-state index contributed by atoms with van der Waals surface area (Å²) in [7, 11) is -7.12. The maximum absolute atomic E-state index is 12.9. The summed E-state index contributed by atoms with van der Waals surface area (Å²) in [5.41, 5.74) is 7.43. The van der Waals surface area contributed by atoms with Crippen molar-refractivity contribution in [3.63, 3.8) is 0 Å². The van der Waals surface area contributed by atoms with Crippen molar-refractivity contribution in [2.75, 3.05) is 18.6 Å². The molecule has 0 bridgehead atoms. The molecule has 1 heterocycles. The zero-order valence-corrected chi connectivity index (χ0v) is 16.8. The molecule has 2 aromatic carbocycles. The van der Waals surface area contributed by atoms with Gasteiger partial charge in [-0.25, -0.2) is 16.8 Å². The molecular formula is C19H24N2O4S2. The van der Waals surface area contributed by atoms with Crippen LogP contribution in [-0.4, -0.2) is 45.7 Å². The number of sulfonamides is 1. The fraction of sp³-hybridized carbons (Fsp3) is 0.368. The summed E-state index contributed by atoms with van der Waals surface area (Å²) in [5.74, 6) is -0.244. The maximum Gasteiger partial charge on any atom is 0.211 e. The Balaban J connectivity index is 1.86. The lowest BCUT2D eigenvalue weighted by molar-refractivity contribution is 0.410. The van der Waals surface area contributed by atoms with Crippen LogP contribution < -0.4 is 5.73 Å². The molecule has 6 nitrogen and oxygen atoms in total. The molecule has 1 fully saturated rings. The molecule has 3 rings (SSSR count). The van der Waals surface area contributed by atoms with Crippen LogP contribution in [0.4, 0.5) is 0 Å². The predicted octanol–water partition coefficient (Wildman–Crippen LogP) is 1.74. The summed E-state index contributed by atoms with van der Waals surface area (Å²) in [6, 6.07) is 15.5. The van der Waals surface area contributed by atoms with Gasteiger partial charge in [-0.05, 0) is 35.6 Å². The van der Waals surface area contributed by atoms with E-state index in [9.17, 15) is 16.8 Å². The Kier molecular flexibility index (Phi) is 5.71. The lowest BCUT2D eigenvalue weighted by atomic mass is 9.97. The van der Waals surface area contributed by atoms with Crippen molar-refractivity contribution in [1.29, 1.82) is 0 Å². The third-order valence-electron chi connectivity index (χ3n) is 4.99. The SMILES string of the molecule is CS(=O)(=O)N1CC(c2ccccc2)CC1CS(=O)(=O)c1ccc(CN)cc1. The van der Waals surface area contributed by atoms with E-state index in [4.69, 9.17) is 5.73 Å². The van der Waals surface area contributed by atoms with Gasteiger partial charge in [0.25, 0.3) is 0 Å². The van der Waals surface area contributed by atoms with Crippen LogP contribution in [0, 0.1) is 0 Å². The van der Waals surface area contributed by atoms with Gasteiger partial charge in [0, 0.05) is 19.1 Å². The number of nitrogens with two attached hydrogens (primary N) is 1. The van der Waals surface area contributed by atoms with E-state index in [0.29, 0.717) is 19.5 Å². The number of hydrogen-bond acceptors (Lipinski definition) is 5. The van der Waals surface area contributed by atoms with Crippen molar-refractivity contribution in [3.05, 3.63) is 65.7 Å². The molecule has 2 atom stereocenters. The topological polar surface area (TPSA) is 97.5 Å². The molecule has 0 saturated carbocycles. The van der Waals surface area contributed by atoms with Gasteiger partial charge in [-0.3, -0.25) is 0 Å². The molecule has 2 aromatic rings. The molecule has 0 radical (unpaired) electrons. The van der Waals surface area contributed by atoms with E-state index in [-0.39, 0.29) is 16.6 Å². The predicted molar refractivity (Wildman–Crippen MR) is 106 cm³/mol. The second-order valence-electron chi connectivity index (χ2n) is 6.96. The van der Waals surface area contributed by atoms with Crippen molar-refractivity contribution >= 4 is 19.9 Å². The van der Waals surface area contributed by atoms with Crippen LogP contribution in [0.15, 0.2) is 59.5 Å². The Morgan fingerprint density at radius 3 is 2.19 bits per heavy atom. The summed E-state index contributed by atoms with van der Waals surface area (Å²) in [5, 5.41) is 0. The summed E-state index contributed by atoms with van der Waals surface area (Å²) in [6.07, 6.45) is 1.62. The van der Waals surface area contributed by atoms with Crippen molar-refractivity contribution in [2.45, 2.75) is 29.8 Å². The van der Waals surface area contributed by atoms with E-state index in [2.05, 4.69) is 0 Å². The highest BCUT2D eigenvalue weighted by molar-refractivity contribution is 7.91. The summed E-state index contributed by atoms with van der Waals surface area (Å²) in [4.78, 5) is 0.191. The monoisotopic (exact) mass is 408 g/mol. The summed E-state index contributed by atoms with van der Waals surface area (Å²) < 4.78 is 51.5.